The third-order valence-corrected chi connectivity index (χ3v) is 7.91. The molecule has 2 aromatic rings. The summed E-state index contributed by atoms with van der Waals surface area (Å²) in [4.78, 5) is 20.2. The Morgan fingerprint density at radius 3 is 2.81 bits per heavy atom. The number of halogens is 1. The van der Waals surface area contributed by atoms with Crippen LogP contribution in [-0.4, -0.2) is 40.6 Å². The molecule has 1 saturated heterocycles. The first-order valence-corrected chi connectivity index (χ1v) is 11.8. The summed E-state index contributed by atoms with van der Waals surface area (Å²) in [5.74, 6) is 0.580. The summed E-state index contributed by atoms with van der Waals surface area (Å²) in [5, 5.41) is 22.0. The number of likely N-dealkylation sites (tertiary alicyclic amines) is 1. The lowest BCUT2D eigenvalue weighted by Crippen LogP contribution is -2.38. The number of thiazole rings is 1. The Labute approximate surface area is 191 Å². The van der Waals surface area contributed by atoms with E-state index in [-0.39, 0.29) is 5.91 Å². The summed E-state index contributed by atoms with van der Waals surface area (Å²) < 4.78 is 5.80. The molecule has 4 rings (SSSR count). The van der Waals surface area contributed by atoms with Crippen LogP contribution in [0.4, 0.5) is 0 Å². The number of hydrogen-bond acceptors (Lipinski definition) is 6. The number of para-hydroxylation sites is 1. The zero-order valence-electron chi connectivity index (χ0n) is 17.6. The molecule has 6 nitrogen and oxygen atoms in total. The standard InChI is InChI=1S/C23H26ClN3O3S/c1-16-19(7-14-30-18-6-3-2-5-17(18)24)31-20(26-16)23(29)8-4-12-27(13-11-23)21(28)22(15-25)9-10-22/h2-3,5-6,29H,4,7-14H2,1H3. The van der Waals surface area contributed by atoms with Crippen molar-refractivity contribution in [3.8, 4) is 11.8 Å². The van der Waals surface area contributed by atoms with Crippen LogP contribution in [0, 0.1) is 23.7 Å². The largest absolute Gasteiger partial charge is 0.492 e. The maximum absolute atomic E-state index is 12.7. The summed E-state index contributed by atoms with van der Waals surface area (Å²) in [6.07, 6.45) is 3.65. The van der Waals surface area contributed by atoms with Gasteiger partial charge in [0.2, 0.25) is 5.91 Å². The molecular weight excluding hydrogens is 434 g/mol. The Bertz CT molecular complexity index is 1010. The van der Waals surface area contributed by atoms with Crippen LogP contribution in [0.15, 0.2) is 24.3 Å². The maximum Gasteiger partial charge on any atom is 0.243 e. The van der Waals surface area contributed by atoms with E-state index in [1.54, 1.807) is 11.0 Å². The molecule has 31 heavy (non-hydrogen) atoms. The van der Waals surface area contributed by atoms with Gasteiger partial charge >= 0.3 is 0 Å². The van der Waals surface area contributed by atoms with E-state index < -0.39 is 11.0 Å². The van der Waals surface area contributed by atoms with Crippen molar-refractivity contribution in [3.05, 3.63) is 44.9 Å². The first-order valence-electron chi connectivity index (χ1n) is 10.6. The molecule has 164 valence electrons. The SMILES string of the molecule is Cc1nc(C2(O)CCCN(C(=O)C3(C#N)CC3)CC2)sc1CCOc1ccccc1Cl. The number of carbonyl (C=O) groups is 1. The Balaban J connectivity index is 1.39. The second-order valence-corrected chi connectivity index (χ2v) is 9.92. The lowest BCUT2D eigenvalue weighted by atomic mass is 9.96. The number of carbonyl (C=O) groups excluding carboxylic acids is 1. The average Bonchev–Trinajstić information content (AvgIpc) is 3.51. The number of benzene rings is 1. The first-order chi connectivity index (χ1) is 14.9. The minimum atomic E-state index is -1.05. The molecule has 0 radical (unpaired) electrons. The zero-order valence-corrected chi connectivity index (χ0v) is 19.1. The molecule has 1 saturated carbocycles. The predicted octanol–water partition coefficient (Wildman–Crippen LogP) is 4.23. The molecule has 2 heterocycles. The van der Waals surface area contributed by atoms with Gasteiger partial charge in [0, 0.05) is 30.8 Å². The Kier molecular flexibility index (Phi) is 6.25. The number of aryl methyl sites for hydroxylation is 1. The fourth-order valence-corrected chi connectivity index (χ4v) is 5.39. The molecule has 1 atom stereocenters. The second-order valence-electron chi connectivity index (χ2n) is 8.43. The minimum Gasteiger partial charge on any atom is -0.492 e. The number of amides is 1. The van der Waals surface area contributed by atoms with Crippen LogP contribution < -0.4 is 4.74 Å². The number of aromatic nitrogens is 1. The summed E-state index contributed by atoms with van der Waals surface area (Å²) in [6, 6.07) is 9.57. The average molecular weight is 460 g/mol. The van der Waals surface area contributed by atoms with Crippen LogP contribution in [0.3, 0.4) is 0 Å². The fourth-order valence-electron chi connectivity index (χ4n) is 4.01. The Morgan fingerprint density at radius 2 is 2.10 bits per heavy atom. The van der Waals surface area contributed by atoms with E-state index in [2.05, 4.69) is 11.1 Å². The lowest BCUT2D eigenvalue weighted by molar-refractivity contribution is -0.135. The molecule has 2 fully saturated rings. The van der Waals surface area contributed by atoms with Crippen LogP contribution in [0.2, 0.25) is 5.02 Å². The molecule has 1 aliphatic carbocycles. The maximum atomic E-state index is 12.7. The van der Waals surface area contributed by atoms with Gasteiger partial charge in [-0.25, -0.2) is 4.98 Å². The second kappa shape index (κ2) is 8.78. The highest BCUT2D eigenvalue weighted by Gasteiger charge is 2.53. The summed E-state index contributed by atoms with van der Waals surface area (Å²) in [7, 11) is 0. The van der Waals surface area contributed by atoms with Gasteiger partial charge in [-0.15, -0.1) is 11.3 Å². The molecule has 1 aromatic carbocycles. The highest BCUT2D eigenvalue weighted by molar-refractivity contribution is 7.11. The molecule has 2 aliphatic rings. The number of aliphatic hydroxyl groups is 1. The molecular formula is C23H26ClN3O3S. The third kappa shape index (κ3) is 4.57. The van der Waals surface area contributed by atoms with E-state index >= 15 is 0 Å². The Hall–Kier alpha value is -2.14. The van der Waals surface area contributed by atoms with E-state index in [1.165, 1.54) is 11.3 Å². The van der Waals surface area contributed by atoms with Crippen molar-refractivity contribution >= 4 is 28.8 Å². The van der Waals surface area contributed by atoms with Crippen molar-refractivity contribution in [2.45, 2.75) is 51.0 Å². The predicted molar refractivity (Wildman–Crippen MR) is 119 cm³/mol. The quantitative estimate of drug-likeness (QED) is 0.698. The molecule has 0 bridgehead atoms. The van der Waals surface area contributed by atoms with E-state index in [0.717, 1.165) is 10.6 Å². The van der Waals surface area contributed by atoms with Gasteiger partial charge in [0.1, 0.15) is 21.8 Å². The van der Waals surface area contributed by atoms with Gasteiger partial charge in [0.05, 0.1) is 23.4 Å². The van der Waals surface area contributed by atoms with Crippen LogP contribution in [-0.2, 0) is 16.8 Å². The molecule has 1 unspecified atom stereocenters. The van der Waals surface area contributed by atoms with Gasteiger partial charge in [-0.3, -0.25) is 4.79 Å². The van der Waals surface area contributed by atoms with Crippen molar-refractivity contribution in [1.82, 2.24) is 9.88 Å². The normalized spacial score (nSPS) is 22.5. The molecule has 0 spiro atoms. The van der Waals surface area contributed by atoms with Crippen LogP contribution >= 0.6 is 22.9 Å². The van der Waals surface area contributed by atoms with E-state index in [0.29, 0.717) is 74.0 Å². The van der Waals surface area contributed by atoms with Gasteiger partial charge in [0.25, 0.3) is 0 Å². The van der Waals surface area contributed by atoms with Crippen molar-refractivity contribution in [2.75, 3.05) is 19.7 Å². The van der Waals surface area contributed by atoms with Crippen molar-refractivity contribution in [1.29, 1.82) is 5.26 Å². The van der Waals surface area contributed by atoms with Gasteiger partial charge < -0.3 is 14.7 Å². The summed E-state index contributed by atoms with van der Waals surface area (Å²) in [5.41, 5.74) is -0.959. The van der Waals surface area contributed by atoms with Crippen molar-refractivity contribution in [3.63, 3.8) is 0 Å². The van der Waals surface area contributed by atoms with Gasteiger partial charge in [-0.2, -0.15) is 5.26 Å². The van der Waals surface area contributed by atoms with Gasteiger partial charge in [-0.1, -0.05) is 23.7 Å². The van der Waals surface area contributed by atoms with Gasteiger partial charge in [-0.05, 0) is 44.7 Å². The monoisotopic (exact) mass is 459 g/mol. The third-order valence-electron chi connectivity index (χ3n) is 6.19. The zero-order chi connectivity index (χ0) is 22.1. The highest BCUT2D eigenvalue weighted by atomic mass is 35.5. The summed E-state index contributed by atoms with van der Waals surface area (Å²) in [6.45, 7) is 3.45. The number of ether oxygens (including phenoxy) is 1. The van der Waals surface area contributed by atoms with Crippen molar-refractivity contribution in [2.24, 2.45) is 5.41 Å². The first kappa shape index (κ1) is 22.1. The molecule has 1 amide bonds. The molecule has 1 aliphatic heterocycles. The number of nitriles is 1. The fraction of sp³-hybridized carbons (Fsp3) is 0.522. The highest BCUT2D eigenvalue weighted by Crippen LogP contribution is 2.47. The number of hydrogen-bond donors (Lipinski definition) is 1. The molecule has 1 aromatic heterocycles. The topological polar surface area (TPSA) is 86.5 Å². The minimum absolute atomic E-state index is 0.0769. The molecule has 1 N–H and O–H groups in total. The van der Waals surface area contributed by atoms with Crippen LogP contribution in [0.1, 0.15) is 47.7 Å². The van der Waals surface area contributed by atoms with E-state index in [4.69, 9.17) is 16.3 Å². The van der Waals surface area contributed by atoms with E-state index in [1.807, 2.05) is 25.1 Å². The molecule has 8 heteroatoms. The number of nitrogens with zero attached hydrogens (tertiary/aromatic N) is 3. The van der Waals surface area contributed by atoms with Crippen molar-refractivity contribution < 1.29 is 14.6 Å². The smallest absolute Gasteiger partial charge is 0.243 e. The number of rotatable bonds is 6. The van der Waals surface area contributed by atoms with Gasteiger partial charge in [0.15, 0.2) is 0 Å². The summed E-state index contributed by atoms with van der Waals surface area (Å²) >= 11 is 7.65. The Morgan fingerprint density at radius 1 is 1.32 bits per heavy atom. The lowest BCUT2D eigenvalue weighted by Gasteiger charge is -2.25. The van der Waals surface area contributed by atoms with Crippen LogP contribution in [0.5, 0.6) is 5.75 Å². The van der Waals surface area contributed by atoms with Crippen LogP contribution in [0.25, 0.3) is 0 Å². The van der Waals surface area contributed by atoms with E-state index in [9.17, 15) is 15.2 Å².